The lowest BCUT2D eigenvalue weighted by Crippen LogP contribution is -2.15. The lowest BCUT2D eigenvalue weighted by Gasteiger charge is -2.11. The Morgan fingerprint density at radius 2 is 1.72 bits per heavy atom. The number of rotatable bonds is 5. The summed E-state index contributed by atoms with van der Waals surface area (Å²) < 4.78 is 1.69. The predicted octanol–water partition coefficient (Wildman–Crippen LogP) is 3.32. The van der Waals surface area contributed by atoms with Crippen molar-refractivity contribution in [3.05, 3.63) is 59.2 Å². The number of hydrogen-bond donors (Lipinski definition) is 1. The van der Waals surface area contributed by atoms with Crippen LogP contribution in [0, 0.1) is 20.8 Å². The molecule has 25 heavy (non-hydrogen) atoms. The summed E-state index contributed by atoms with van der Waals surface area (Å²) in [7, 11) is 0. The van der Waals surface area contributed by atoms with Crippen LogP contribution < -0.4 is 5.32 Å². The highest BCUT2D eigenvalue weighted by Crippen LogP contribution is 2.23. The van der Waals surface area contributed by atoms with Crippen molar-refractivity contribution in [2.24, 2.45) is 0 Å². The average molecular weight is 353 g/mol. The Morgan fingerprint density at radius 3 is 2.44 bits per heavy atom. The van der Waals surface area contributed by atoms with Crippen molar-refractivity contribution in [3.63, 3.8) is 0 Å². The van der Waals surface area contributed by atoms with Crippen LogP contribution >= 0.6 is 11.8 Å². The van der Waals surface area contributed by atoms with Gasteiger partial charge in [-0.3, -0.25) is 4.79 Å². The molecule has 1 aromatic heterocycles. The second-order valence-electron chi connectivity index (χ2n) is 5.77. The van der Waals surface area contributed by atoms with Crippen LogP contribution in [0.25, 0.3) is 5.69 Å². The van der Waals surface area contributed by atoms with E-state index in [-0.39, 0.29) is 11.7 Å². The van der Waals surface area contributed by atoms with Crippen molar-refractivity contribution in [3.8, 4) is 5.69 Å². The van der Waals surface area contributed by atoms with Crippen molar-refractivity contribution in [2.75, 3.05) is 11.1 Å². The minimum absolute atomic E-state index is 0.0876. The fourth-order valence-electron chi connectivity index (χ4n) is 2.58. The molecule has 2 aromatic carbocycles. The SMILES string of the molecule is Cc1ccccc1NC(=O)CSc1nnnn1-c1c(C)cccc1C. The fourth-order valence-corrected chi connectivity index (χ4v) is 3.26. The third-order valence-corrected chi connectivity index (χ3v) is 4.76. The van der Waals surface area contributed by atoms with E-state index in [1.807, 2.05) is 63.2 Å². The van der Waals surface area contributed by atoms with Crippen molar-refractivity contribution in [1.29, 1.82) is 0 Å². The van der Waals surface area contributed by atoms with Gasteiger partial charge in [-0.1, -0.05) is 48.2 Å². The number of nitrogens with zero attached hydrogens (tertiary/aromatic N) is 4. The van der Waals surface area contributed by atoms with Crippen molar-refractivity contribution in [1.82, 2.24) is 20.2 Å². The third-order valence-electron chi connectivity index (χ3n) is 3.84. The van der Waals surface area contributed by atoms with Crippen LogP contribution in [0.2, 0.25) is 0 Å². The van der Waals surface area contributed by atoms with Gasteiger partial charge in [0.15, 0.2) is 0 Å². The first-order chi connectivity index (χ1) is 12.1. The smallest absolute Gasteiger partial charge is 0.234 e. The van der Waals surface area contributed by atoms with E-state index in [0.717, 1.165) is 28.1 Å². The Morgan fingerprint density at radius 1 is 1.04 bits per heavy atom. The second-order valence-corrected chi connectivity index (χ2v) is 6.71. The summed E-state index contributed by atoms with van der Waals surface area (Å²) in [6.45, 7) is 6.00. The Hall–Kier alpha value is -2.67. The number of aromatic nitrogens is 4. The average Bonchev–Trinajstić information content (AvgIpc) is 3.03. The number of aryl methyl sites for hydroxylation is 3. The van der Waals surface area contributed by atoms with E-state index >= 15 is 0 Å². The lowest BCUT2D eigenvalue weighted by molar-refractivity contribution is -0.113. The fraction of sp³-hybridized carbons (Fsp3) is 0.222. The van der Waals surface area contributed by atoms with Gasteiger partial charge < -0.3 is 5.32 Å². The van der Waals surface area contributed by atoms with Crippen LogP contribution in [0.5, 0.6) is 0 Å². The number of nitrogens with one attached hydrogen (secondary N) is 1. The number of tetrazole rings is 1. The normalized spacial score (nSPS) is 10.7. The Balaban J connectivity index is 1.72. The summed E-state index contributed by atoms with van der Waals surface area (Å²) in [6, 6.07) is 13.7. The largest absolute Gasteiger partial charge is 0.325 e. The number of benzene rings is 2. The van der Waals surface area contributed by atoms with Crippen LogP contribution in [0.4, 0.5) is 5.69 Å². The van der Waals surface area contributed by atoms with Crippen LogP contribution in [0.3, 0.4) is 0 Å². The standard InChI is InChI=1S/C18H19N5OS/c1-12-7-4-5-10-15(12)19-16(24)11-25-18-20-21-22-23(18)17-13(2)8-6-9-14(17)3/h4-10H,11H2,1-3H3,(H,19,24). The first-order valence-corrected chi connectivity index (χ1v) is 8.88. The third kappa shape index (κ3) is 3.88. The van der Waals surface area contributed by atoms with Gasteiger partial charge in [-0.05, 0) is 54.0 Å². The van der Waals surface area contributed by atoms with E-state index in [2.05, 4.69) is 20.8 Å². The van der Waals surface area contributed by atoms with Crippen LogP contribution in [-0.4, -0.2) is 31.9 Å². The Labute approximate surface area is 150 Å². The van der Waals surface area contributed by atoms with Gasteiger partial charge in [0, 0.05) is 5.69 Å². The molecular weight excluding hydrogens is 334 g/mol. The van der Waals surface area contributed by atoms with E-state index in [9.17, 15) is 4.79 Å². The summed E-state index contributed by atoms with van der Waals surface area (Å²) in [4.78, 5) is 12.2. The molecule has 0 aliphatic rings. The molecular formula is C18H19N5OS. The van der Waals surface area contributed by atoms with Gasteiger partial charge in [0.25, 0.3) is 0 Å². The molecule has 1 N–H and O–H groups in total. The molecule has 0 fully saturated rings. The molecule has 128 valence electrons. The minimum Gasteiger partial charge on any atom is -0.325 e. The molecule has 0 saturated carbocycles. The molecule has 7 heteroatoms. The van der Waals surface area contributed by atoms with Crippen LogP contribution in [0.1, 0.15) is 16.7 Å². The molecule has 1 amide bonds. The molecule has 0 saturated heterocycles. The summed E-state index contributed by atoms with van der Waals surface area (Å²) in [5, 5.41) is 15.4. The zero-order valence-electron chi connectivity index (χ0n) is 14.4. The number of carbonyl (C=O) groups excluding carboxylic acids is 1. The van der Waals surface area contributed by atoms with Gasteiger partial charge in [-0.15, -0.1) is 5.10 Å². The maximum absolute atomic E-state index is 12.2. The molecule has 1 heterocycles. The van der Waals surface area contributed by atoms with Gasteiger partial charge in [-0.2, -0.15) is 4.68 Å². The maximum atomic E-state index is 12.2. The molecule has 3 rings (SSSR count). The molecule has 0 atom stereocenters. The minimum atomic E-state index is -0.0876. The number of anilines is 1. The highest BCUT2D eigenvalue weighted by Gasteiger charge is 2.15. The molecule has 0 radical (unpaired) electrons. The van der Waals surface area contributed by atoms with E-state index < -0.39 is 0 Å². The van der Waals surface area contributed by atoms with E-state index in [0.29, 0.717) is 5.16 Å². The first-order valence-electron chi connectivity index (χ1n) is 7.89. The quantitative estimate of drug-likeness (QED) is 0.713. The Kier molecular flexibility index (Phi) is 5.14. The second kappa shape index (κ2) is 7.48. The molecule has 0 bridgehead atoms. The highest BCUT2D eigenvalue weighted by atomic mass is 32.2. The summed E-state index contributed by atoms with van der Waals surface area (Å²) >= 11 is 1.31. The van der Waals surface area contributed by atoms with Gasteiger partial charge in [0.05, 0.1) is 11.4 Å². The zero-order valence-corrected chi connectivity index (χ0v) is 15.2. The molecule has 3 aromatic rings. The van der Waals surface area contributed by atoms with Crippen molar-refractivity contribution < 1.29 is 4.79 Å². The van der Waals surface area contributed by atoms with E-state index in [4.69, 9.17) is 0 Å². The zero-order chi connectivity index (χ0) is 17.8. The number of thioether (sulfide) groups is 1. The molecule has 0 unspecified atom stereocenters. The number of para-hydroxylation sites is 2. The van der Waals surface area contributed by atoms with Crippen LogP contribution in [0.15, 0.2) is 47.6 Å². The Bertz CT molecular complexity index is 886. The van der Waals surface area contributed by atoms with Crippen molar-refractivity contribution >= 4 is 23.4 Å². The van der Waals surface area contributed by atoms with Gasteiger partial charge in [0.1, 0.15) is 0 Å². The van der Waals surface area contributed by atoms with Crippen molar-refractivity contribution in [2.45, 2.75) is 25.9 Å². The highest BCUT2D eigenvalue weighted by molar-refractivity contribution is 7.99. The molecule has 0 aliphatic carbocycles. The molecule has 0 aliphatic heterocycles. The van der Waals surface area contributed by atoms with Gasteiger partial charge >= 0.3 is 0 Å². The first kappa shape index (κ1) is 17.2. The summed E-state index contributed by atoms with van der Waals surface area (Å²) in [5.74, 6) is 0.148. The number of hydrogen-bond acceptors (Lipinski definition) is 5. The monoisotopic (exact) mass is 353 g/mol. The number of carbonyl (C=O) groups is 1. The lowest BCUT2D eigenvalue weighted by atomic mass is 10.1. The summed E-state index contributed by atoms with van der Waals surface area (Å²) in [5.41, 5.74) is 4.97. The van der Waals surface area contributed by atoms with Gasteiger partial charge in [0.2, 0.25) is 11.1 Å². The predicted molar refractivity (Wildman–Crippen MR) is 99.2 cm³/mol. The molecule has 6 nitrogen and oxygen atoms in total. The maximum Gasteiger partial charge on any atom is 0.234 e. The van der Waals surface area contributed by atoms with E-state index in [1.54, 1.807) is 4.68 Å². The van der Waals surface area contributed by atoms with E-state index in [1.165, 1.54) is 11.8 Å². The summed E-state index contributed by atoms with van der Waals surface area (Å²) in [6.07, 6.45) is 0. The topological polar surface area (TPSA) is 72.7 Å². The number of amides is 1. The molecule has 0 spiro atoms. The van der Waals surface area contributed by atoms with Gasteiger partial charge in [-0.25, -0.2) is 0 Å². The van der Waals surface area contributed by atoms with Crippen LogP contribution in [-0.2, 0) is 4.79 Å².